The average Bonchev–Trinajstić information content (AvgIpc) is 3.99. The van der Waals surface area contributed by atoms with E-state index in [1.165, 1.54) is 0 Å². The van der Waals surface area contributed by atoms with E-state index in [4.69, 9.17) is 14.7 Å². The van der Waals surface area contributed by atoms with Crippen LogP contribution < -0.4 is 14.8 Å². The molecule has 0 saturated heterocycles. The van der Waals surface area contributed by atoms with Crippen LogP contribution in [0, 0.1) is 17.8 Å². The first-order chi connectivity index (χ1) is 22.6. The molecule has 5 atom stereocenters. The van der Waals surface area contributed by atoms with Gasteiger partial charge in [0.25, 0.3) is 5.91 Å². The first kappa shape index (κ1) is 31.3. The Bertz CT molecular complexity index is 1850. The Morgan fingerprint density at radius 1 is 1.00 bits per heavy atom. The number of hydrogen-bond acceptors (Lipinski definition) is 8. The molecule has 0 bridgehead atoms. The second kappa shape index (κ2) is 12.4. The minimum atomic E-state index is -3.81. The van der Waals surface area contributed by atoms with Crippen molar-refractivity contribution in [3.63, 3.8) is 0 Å². The van der Waals surface area contributed by atoms with Gasteiger partial charge in [0.2, 0.25) is 27.7 Å². The molecule has 2 heterocycles. The predicted octanol–water partition coefficient (Wildman–Crippen LogP) is 3.75. The van der Waals surface area contributed by atoms with Gasteiger partial charge < -0.3 is 15.0 Å². The lowest BCUT2D eigenvalue weighted by atomic mass is 9.93. The monoisotopic (exact) mass is 657 g/mol. The van der Waals surface area contributed by atoms with Crippen LogP contribution >= 0.6 is 0 Å². The Morgan fingerprint density at radius 2 is 1.74 bits per heavy atom. The van der Waals surface area contributed by atoms with E-state index in [9.17, 15) is 22.8 Å². The topological polar surface area (TPSA) is 148 Å². The van der Waals surface area contributed by atoms with Gasteiger partial charge in [-0.2, -0.15) is 4.98 Å². The number of aromatic nitrogens is 2. The third-order valence-corrected chi connectivity index (χ3v) is 11.7. The van der Waals surface area contributed by atoms with E-state index in [1.54, 1.807) is 11.9 Å². The number of rotatable bonds is 6. The SMILES string of the molecule is CN1CCCCC=C[C@@H]2C[C@@]2(C(=O)NS(=O)(=O)C2CC2)NC(=O)[C@@H]2C[C@@H](Oc3nc(-c4ccccc4)nc4ccccc34)C[C@H]2C1=O. The molecule has 1 aromatic heterocycles. The zero-order chi connectivity index (χ0) is 32.8. The fourth-order valence-electron chi connectivity index (χ4n) is 6.90. The number of allylic oxidation sites excluding steroid dienone is 1. The molecule has 3 amide bonds. The standard InChI is InChI=1S/C35H39N5O6S/c1-40-18-10-3-2-7-13-23-21-35(23,34(43)39-47(44,45)25-16-17-25)38-31(41)27-19-24(20-28(27)33(40)42)46-32-26-14-8-9-15-29(26)36-30(37-32)22-11-5-4-6-12-22/h4-9,11-15,23-25,27-28H,2-3,10,16-21H2,1H3,(H,38,41)(H,39,43)/t23-,24-,27-,28-,35-/m1/s1. The number of benzene rings is 2. The maximum atomic E-state index is 14.1. The van der Waals surface area contributed by atoms with Gasteiger partial charge in [0.1, 0.15) is 11.6 Å². The molecule has 2 aromatic carbocycles. The lowest BCUT2D eigenvalue weighted by Gasteiger charge is -2.26. The summed E-state index contributed by atoms with van der Waals surface area (Å²) in [6.07, 6.45) is 7.62. The molecule has 7 rings (SSSR count). The van der Waals surface area contributed by atoms with Crippen LogP contribution in [0.5, 0.6) is 5.88 Å². The number of fused-ring (bicyclic) bond motifs is 3. The summed E-state index contributed by atoms with van der Waals surface area (Å²) in [7, 11) is -2.06. The summed E-state index contributed by atoms with van der Waals surface area (Å²) >= 11 is 0. The molecule has 3 saturated carbocycles. The molecule has 11 nitrogen and oxygen atoms in total. The van der Waals surface area contributed by atoms with Gasteiger partial charge in [0.05, 0.1) is 28.0 Å². The highest BCUT2D eigenvalue weighted by atomic mass is 32.2. The van der Waals surface area contributed by atoms with Crippen LogP contribution in [0.2, 0.25) is 0 Å². The average molecular weight is 658 g/mol. The van der Waals surface area contributed by atoms with Crippen molar-refractivity contribution in [2.45, 2.75) is 68.3 Å². The van der Waals surface area contributed by atoms with Gasteiger partial charge in [0.15, 0.2) is 5.82 Å². The zero-order valence-corrected chi connectivity index (χ0v) is 27.1. The largest absolute Gasteiger partial charge is 0.474 e. The van der Waals surface area contributed by atoms with Gasteiger partial charge >= 0.3 is 0 Å². The lowest BCUT2D eigenvalue weighted by molar-refractivity contribution is -0.140. The van der Waals surface area contributed by atoms with Gasteiger partial charge in [-0.1, -0.05) is 54.6 Å². The Morgan fingerprint density at radius 3 is 2.53 bits per heavy atom. The van der Waals surface area contributed by atoms with Crippen LogP contribution in [-0.4, -0.2) is 71.5 Å². The molecule has 246 valence electrons. The van der Waals surface area contributed by atoms with E-state index in [-0.39, 0.29) is 18.2 Å². The Balaban J connectivity index is 1.18. The molecule has 12 heteroatoms. The summed E-state index contributed by atoms with van der Waals surface area (Å²) in [5.74, 6) is -2.24. The highest BCUT2D eigenvalue weighted by Crippen LogP contribution is 2.47. The van der Waals surface area contributed by atoms with Crippen LogP contribution in [0.4, 0.5) is 0 Å². The van der Waals surface area contributed by atoms with E-state index in [1.807, 2.05) is 66.7 Å². The van der Waals surface area contributed by atoms with E-state index in [0.29, 0.717) is 49.4 Å². The number of nitrogens with one attached hydrogen (secondary N) is 2. The summed E-state index contributed by atoms with van der Waals surface area (Å²) in [4.78, 5) is 52.7. The number of sulfonamides is 1. The number of nitrogens with zero attached hydrogens (tertiary/aromatic N) is 3. The molecule has 0 spiro atoms. The number of ether oxygens (including phenoxy) is 1. The number of carbonyl (C=O) groups excluding carboxylic acids is 3. The van der Waals surface area contributed by atoms with E-state index < -0.39 is 50.6 Å². The summed E-state index contributed by atoms with van der Waals surface area (Å²) < 4.78 is 34.2. The maximum absolute atomic E-state index is 14.1. The van der Waals surface area contributed by atoms with Crippen LogP contribution in [0.3, 0.4) is 0 Å². The van der Waals surface area contributed by atoms with Gasteiger partial charge in [-0.15, -0.1) is 0 Å². The van der Waals surface area contributed by atoms with Gasteiger partial charge in [-0.3, -0.25) is 19.1 Å². The minimum Gasteiger partial charge on any atom is -0.474 e. The molecular weight excluding hydrogens is 618 g/mol. The second-order valence-electron chi connectivity index (χ2n) is 13.3. The molecular formula is C35H39N5O6S. The summed E-state index contributed by atoms with van der Waals surface area (Å²) in [6.45, 7) is 0.564. The molecule has 0 radical (unpaired) electrons. The van der Waals surface area contributed by atoms with Gasteiger partial charge in [-0.05, 0) is 63.5 Å². The molecule has 1 aliphatic heterocycles. The Labute approximate surface area is 274 Å². The van der Waals surface area contributed by atoms with E-state index in [0.717, 1.165) is 30.2 Å². The van der Waals surface area contributed by atoms with Crippen molar-refractivity contribution in [3.05, 3.63) is 66.7 Å². The quantitative estimate of drug-likeness (QED) is 0.381. The van der Waals surface area contributed by atoms with Crippen LogP contribution in [0.1, 0.15) is 51.4 Å². The smallest absolute Gasteiger partial charge is 0.259 e. The predicted molar refractivity (Wildman–Crippen MR) is 175 cm³/mol. The van der Waals surface area contributed by atoms with Crippen LogP contribution in [0.25, 0.3) is 22.3 Å². The number of hydrogen-bond donors (Lipinski definition) is 2. The van der Waals surface area contributed by atoms with Crippen molar-refractivity contribution in [1.82, 2.24) is 24.9 Å². The lowest BCUT2D eigenvalue weighted by Crippen LogP contribution is -2.54. The number of carbonyl (C=O) groups is 3. The molecule has 0 unspecified atom stereocenters. The molecule has 4 aliphatic rings. The van der Waals surface area contributed by atoms with Gasteiger partial charge in [-0.25, -0.2) is 13.4 Å². The van der Waals surface area contributed by atoms with Crippen LogP contribution in [0.15, 0.2) is 66.7 Å². The third kappa shape index (κ3) is 6.35. The highest BCUT2D eigenvalue weighted by Gasteiger charge is 2.62. The fraction of sp³-hybridized carbons (Fsp3) is 0.457. The molecule has 3 fully saturated rings. The van der Waals surface area contributed by atoms with Crippen LogP contribution in [-0.2, 0) is 24.4 Å². The van der Waals surface area contributed by atoms with Crippen molar-refractivity contribution < 1.29 is 27.5 Å². The third-order valence-electron chi connectivity index (χ3n) is 9.88. The number of para-hydroxylation sites is 1. The first-order valence-electron chi connectivity index (χ1n) is 16.4. The van der Waals surface area contributed by atoms with Crippen molar-refractivity contribution >= 4 is 38.6 Å². The van der Waals surface area contributed by atoms with E-state index >= 15 is 0 Å². The van der Waals surface area contributed by atoms with Crippen molar-refractivity contribution in [1.29, 1.82) is 0 Å². The first-order valence-corrected chi connectivity index (χ1v) is 18.0. The zero-order valence-electron chi connectivity index (χ0n) is 26.3. The summed E-state index contributed by atoms with van der Waals surface area (Å²) in [6, 6.07) is 17.2. The number of amides is 3. The molecule has 3 aromatic rings. The summed E-state index contributed by atoms with van der Waals surface area (Å²) in [5, 5.41) is 3.08. The fourth-order valence-corrected chi connectivity index (χ4v) is 8.27. The van der Waals surface area contributed by atoms with Gasteiger partial charge in [0, 0.05) is 25.1 Å². The maximum Gasteiger partial charge on any atom is 0.259 e. The van der Waals surface area contributed by atoms with Crippen molar-refractivity contribution in [2.24, 2.45) is 17.8 Å². The Hall–Kier alpha value is -4.32. The molecule has 47 heavy (non-hydrogen) atoms. The summed E-state index contributed by atoms with van der Waals surface area (Å²) in [5.41, 5.74) is 0.161. The second-order valence-corrected chi connectivity index (χ2v) is 15.3. The van der Waals surface area contributed by atoms with Crippen molar-refractivity contribution in [2.75, 3.05) is 13.6 Å². The minimum absolute atomic E-state index is 0.150. The molecule has 2 N–H and O–H groups in total. The highest BCUT2D eigenvalue weighted by molar-refractivity contribution is 7.91. The van der Waals surface area contributed by atoms with Crippen molar-refractivity contribution in [3.8, 4) is 17.3 Å². The molecule has 3 aliphatic carbocycles. The normalized spacial score (nSPS) is 28.1. The van der Waals surface area contributed by atoms with E-state index in [2.05, 4.69) is 10.0 Å². The Kier molecular flexibility index (Phi) is 8.23.